The number of aromatic nitrogens is 2. The van der Waals surface area contributed by atoms with E-state index in [1.54, 1.807) is 6.92 Å². The summed E-state index contributed by atoms with van der Waals surface area (Å²) in [5, 5.41) is 8.71. The highest BCUT2D eigenvalue weighted by atomic mass is 19.1. The van der Waals surface area contributed by atoms with E-state index in [1.807, 2.05) is 0 Å². The maximum Gasteiger partial charge on any atom is 0.337 e. The van der Waals surface area contributed by atoms with E-state index in [0.717, 1.165) is 6.07 Å². The van der Waals surface area contributed by atoms with Crippen molar-refractivity contribution in [2.75, 3.05) is 12.4 Å². The molecule has 1 amide bonds. The number of ether oxygens (including phenoxy) is 1. The van der Waals surface area contributed by atoms with Crippen molar-refractivity contribution >= 4 is 17.6 Å². The molecule has 0 fully saturated rings. The molecule has 1 aromatic carbocycles. The summed E-state index contributed by atoms with van der Waals surface area (Å²) in [5.74, 6) is -1.77. The number of hydrogen-bond acceptors (Lipinski definition) is 4. The molecule has 2 N–H and O–H groups in total. The summed E-state index contributed by atoms with van der Waals surface area (Å²) in [5.41, 5.74) is 0.909. The average molecular weight is 277 g/mol. The second-order valence-electron chi connectivity index (χ2n) is 4.05. The Bertz CT molecular complexity index is 667. The van der Waals surface area contributed by atoms with Crippen LogP contribution in [0.15, 0.2) is 24.4 Å². The van der Waals surface area contributed by atoms with Crippen LogP contribution in [0.1, 0.15) is 26.4 Å². The second-order valence-corrected chi connectivity index (χ2v) is 4.05. The molecule has 1 aromatic heterocycles. The van der Waals surface area contributed by atoms with Gasteiger partial charge in [0, 0.05) is 5.69 Å². The maximum atomic E-state index is 13.6. The highest BCUT2D eigenvalue weighted by molar-refractivity contribution is 6.05. The van der Waals surface area contributed by atoms with E-state index in [1.165, 1.54) is 25.4 Å². The van der Waals surface area contributed by atoms with Gasteiger partial charge in [-0.3, -0.25) is 9.89 Å². The highest BCUT2D eigenvalue weighted by Gasteiger charge is 2.15. The minimum Gasteiger partial charge on any atom is -0.465 e. The smallest absolute Gasteiger partial charge is 0.337 e. The van der Waals surface area contributed by atoms with Crippen molar-refractivity contribution in [2.45, 2.75) is 6.92 Å². The average Bonchev–Trinajstić information content (AvgIpc) is 2.86. The van der Waals surface area contributed by atoms with Crippen LogP contribution >= 0.6 is 0 Å². The van der Waals surface area contributed by atoms with Gasteiger partial charge in [0.15, 0.2) is 0 Å². The lowest BCUT2D eigenvalue weighted by Gasteiger charge is -2.07. The number of anilines is 1. The summed E-state index contributed by atoms with van der Waals surface area (Å²) in [6, 6.07) is 3.58. The van der Waals surface area contributed by atoms with Gasteiger partial charge < -0.3 is 10.1 Å². The normalized spacial score (nSPS) is 10.2. The molecule has 0 aliphatic rings. The predicted octanol–water partition coefficient (Wildman–Crippen LogP) is 1.90. The Morgan fingerprint density at radius 3 is 2.75 bits per heavy atom. The molecule has 6 nitrogen and oxygen atoms in total. The Kier molecular flexibility index (Phi) is 3.79. The topological polar surface area (TPSA) is 84.1 Å². The lowest BCUT2D eigenvalue weighted by Crippen LogP contribution is -2.14. The standard InChI is InChI=1S/C13H12FN3O3/c1-7-9(6-15-17-7)12(18)16-11-5-8(13(19)20-2)3-4-10(11)14/h3-6H,1-2H3,(H,15,17)(H,16,18). The van der Waals surface area contributed by atoms with Crippen molar-refractivity contribution in [1.82, 2.24) is 10.2 Å². The number of rotatable bonds is 3. The van der Waals surface area contributed by atoms with Gasteiger partial charge in [-0.25, -0.2) is 9.18 Å². The first kappa shape index (κ1) is 13.7. The van der Waals surface area contributed by atoms with Crippen molar-refractivity contribution in [2.24, 2.45) is 0 Å². The van der Waals surface area contributed by atoms with E-state index in [-0.39, 0.29) is 11.3 Å². The van der Waals surface area contributed by atoms with Crippen molar-refractivity contribution in [3.63, 3.8) is 0 Å². The zero-order valence-electron chi connectivity index (χ0n) is 10.9. The number of aromatic amines is 1. The number of halogens is 1. The van der Waals surface area contributed by atoms with E-state index in [4.69, 9.17) is 0 Å². The summed E-state index contributed by atoms with van der Waals surface area (Å²) in [6.45, 7) is 1.67. The SMILES string of the molecule is COC(=O)c1ccc(F)c(NC(=O)c2cn[nH]c2C)c1. The molecule has 7 heteroatoms. The molecule has 2 aromatic rings. The fourth-order valence-corrected chi connectivity index (χ4v) is 1.64. The lowest BCUT2D eigenvalue weighted by molar-refractivity contribution is 0.0600. The van der Waals surface area contributed by atoms with Gasteiger partial charge in [-0.1, -0.05) is 0 Å². The molecular formula is C13H12FN3O3. The fourth-order valence-electron chi connectivity index (χ4n) is 1.64. The minimum atomic E-state index is -0.646. The first-order chi connectivity index (χ1) is 9.52. The van der Waals surface area contributed by atoms with Crippen LogP contribution in [-0.2, 0) is 4.74 Å². The molecule has 1 heterocycles. The van der Waals surface area contributed by atoms with Gasteiger partial charge in [0.1, 0.15) is 5.82 Å². The molecule has 0 radical (unpaired) electrons. The number of esters is 1. The number of hydrogen-bond donors (Lipinski definition) is 2. The summed E-state index contributed by atoms with van der Waals surface area (Å²) in [4.78, 5) is 23.3. The summed E-state index contributed by atoms with van der Waals surface area (Å²) < 4.78 is 18.2. The molecule has 104 valence electrons. The molecule has 0 aliphatic heterocycles. The first-order valence-electron chi connectivity index (χ1n) is 5.72. The van der Waals surface area contributed by atoms with Crippen LogP contribution in [0.3, 0.4) is 0 Å². The van der Waals surface area contributed by atoms with E-state index in [2.05, 4.69) is 20.3 Å². The molecule has 0 saturated carbocycles. The number of benzene rings is 1. The number of carbonyl (C=O) groups excluding carboxylic acids is 2. The van der Waals surface area contributed by atoms with Gasteiger partial charge in [0.2, 0.25) is 0 Å². The summed E-state index contributed by atoms with van der Waals surface area (Å²) in [6.07, 6.45) is 1.34. The van der Waals surface area contributed by atoms with Crippen molar-refractivity contribution in [3.05, 3.63) is 47.0 Å². The molecule has 2 rings (SSSR count). The third kappa shape index (κ3) is 2.66. The van der Waals surface area contributed by atoms with Gasteiger partial charge in [0.25, 0.3) is 5.91 Å². The molecular weight excluding hydrogens is 265 g/mol. The maximum absolute atomic E-state index is 13.6. The Morgan fingerprint density at radius 2 is 2.15 bits per heavy atom. The van der Waals surface area contributed by atoms with E-state index < -0.39 is 17.7 Å². The Morgan fingerprint density at radius 1 is 1.40 bits per heavy atom. The monoisotopic (exact) mass is 277 g/mol. The Labute approximate surface area is 113 Å². The fraction of sp³-hybridized carbons (Fsp3) is 0.154. The van der Waals surface area contributed by atoms with E-state index in [9.17, 15) is 14.0 Å². The van der Waals surface area contributed by atoms with Crippen LogP contribution in [0.4, 0.5) is 10.1 Å². The molecule has 0 aliphatic carbocycles. The molecule has 20 heavy (non-hydrogen) atoms. The molecule has 0 saturated heterocycles. The van der Waals surface area contributed by atoms with Crippen LogP contribution < -0.4 is 5.32 Å². The van der Waals surface area contributed by atoms with Crippen LogP contribution in [0.25, 0.3) is 0 Å². The zero-order valence-corrected chi connectivity index (χ0v) is 10.9. The molecule has 0 spiro atoms. The van der Waals surface area contributed by atoms with Crippen LogP contribution in [0, 0.1) is 12.7 Å². The van der Waals surface area contributed by atoms with Gasteiger partial charge in [-0.15, -0.1) is 0 Å². The molecule has 0 bridgehead atoms. The summed E-state index contributed by atoms with van der Waals surface area (Å²) in [7, 11) is 1.22. The predicted molar refractivity (Wildman–Crippen MR) is 69.0 cm³/mol. The number of amides is 1. The minimum absolute atomic E-state index is 0.0986. The quantitative estimate of drug-likeness (QED) is 0.839. The first-order valence-corrected chi connectivity index (χ1v) is 5.72. The van der Waals surface area contributed by atoms with Gasteiger partial charge in [-0.2, -0.15) is 5.10 Å². The van der Waals surface area contributed by atoms with Crippen molar-refractivity contribution < 1.29 is 18.7 Å². The lowest BCUT2D eigenvalue weighted by atomic mass is 10.2. The van der Waals surface area contributed by atoms with Crippen molar-refractivity contribution in [3.8, 4) is 0 Å². The molecule has 0 atom stereocenters. The van der Waals surface area contributed by atoms with E-state index in [0.29, 0.717) is 11.3 Å². The van der Waals surface area contributed by atoms with Crippen LogP contribution in [0.5, 0.6) is 0 Å². The Balaban J connectivity index is 2.27. The van der Waals surface area contributed by atoms with Gasteiger partial charge >= 0.3 is 5.97 Å². The van der Waals surface area contributed by atoms with E-state index >= 15 is 0 Å². The van der Waals surface area contributed by atoms with Crippen LogP contribution in [0.2, 0.25) is 0 Å². The molecule has 0 unspecified atom stereocenters. The number of H-pyrrole nitrogens is 1. The van der Waals surface area contributed by atoms with Gasteiger partial charge in [-0.05, 0) is 25.1 Å². The van der Waals surface area contributed by atoms with Gasteiger partial charge in [0.05, 0.1) is 30.1 Å². The van der Waals surface area contributed by atoms with Crippen molar-refractivity contribution in [1.29, 1.82) is 0 Å². The zero-order chi connectivity index (χ0) is 14.7. The largest absolute Gasteiger partial charge is 0.465 e. The third-order valence-corrected chi connectivity index (χ3v) is 2.71. The highest BCUT2D eigenvalue weighted by Crippen LogP contribution is 2.18. The number of nitrogens with zero attached hydrogens (tertiary/aromatic N) is 1. The van der Waals surface area contributed by atoms with Crippen LogP contribution in [-0.4, -0.2) is 29.2 Å². The summed E-state index contributed by atoms with van der Waals surface area (Å²) >= 11 is 0. The number of aryl methyl sites for hydroxylation is 1. The third-order valence-electron chi connectivity index (χ3n) is 2.71. The second kappa shape index (κ2) is 5.52. The number of carbonyl (C=O) groups is 2. The number of nitrogens with one attached hydrogen (secondary N) is 2. The number of methoxy groups -OCH3 is 1. The Hall–Kier alpha value is -2.70.